The lowest BCUT2D eigenvalue weighted by molar-refractivity contribution is 0.0595. The molecule has 0 bridgehead atoms. The van der Waals surface area contributed by atoms with Crippen molar-refractivity contribution in [1.82, 2.24) is 4.98 Å². The lowest BCUT2D eigenvalue weighted by atomic mass is 10.0. The molecule has 1 aliphatic rings. The highest BCUT2D eigenvalue weighted by molar-refractivity contribution is 7.22. The number of aromatic nitrogens is 1. The summed E-state index contributed by atoms with van der Waals surface area (Å²) in [7, 11) is 0. The van der Waals surface area contributed by atoms with Gasteiger partial charge in [0.1, 0.15) is 0 Å². The van der Waals surface area contributed by atoms with Gasteiger partial charge in [-0.3, -0.25) is 0 Å². The second-order valence-corrected chi connectivity index (χ2v) is 6.06. The van der Waals surface area contributed by atoms with Crippen molar-refractivity contribution < 1.29 is 4.74 Å². The van der Waals surface area contributed by atoms with E-state index >= 15 is 0 Å². The number of hydrogen-bond acceptors (Lipinski definition) is 4. The minimum atomic E-state index is 0.606. The van der Waals surface area contributed by atoms with Crippen molar-refractivity contribution in [3.05, 3.63) is 23.2 Å². The van der Waals surface area contributed by atoms with Crippen molar-refractivity contribution >= 4 is 38.3 Å². The van der Waals surface area contributed by atoms with Crippen molar-refractivity contribution in [2.75, 3.05) is 25.1 Å². The van der Waals surface area contributed by atoms with Gasteiger partial charge in [0.2, 0.25) is 0 Å². The Bertz CT molecular complexity index is 537. The molecular weight excluding hydrogens is 268 g/mol. The highest BCUT2D eigenvalue weighted by Crippen LogP contribution is 2.28. The van der Waals surface area contributed by atoms with E-state index in [0.717, 1.165) is 35.4 Å². The molecule has 3 nitrogen and oxygen atoms in total. The van der Waals surface area contributed by atoms with Crippen LogP contribution in [0.5, 0.6) is 0 Å². The van der Waals surface area contributed by atoms with Gasteiger partial charge in [-0.25, -0.2) is 4.98 Å². The minimum absolute atomic E-state index is 0.606. The zero-order valence-electron chi connectivity index (χ0n) is 9.99. The molecule has 0 spiro atoms. The Labute approximate surface area is 115 Å². The van der Waals surface area contributed by atoms with Gasteiger partial charge in [0.15, 0.2) is 5.13 Å². The Morgan fingerprint density at radius 3 is 3.28 bits per heavy atom. The van der Waals surface area contributed by atoms with Crippen LogP contribution in [0.2, 0.25) is 5.02 Å². The molecule has 96 valence electrons. The van der Waals surface area contributed by atoms with E-state index in [9.17, 15) is 0 Å². The van der Waals surface area contributed by atoms with E-state index in [4.69, 9.17) is 16.3 Å². The SMILES string of the molecule is Clc1ccc2sc(NCC3CCCOC3)nc2c1. The average Bonchev–Trinajstić information content (AvgIpc) is 2.79. The van der Waals surface area contributed by atoms with E-state index in [0.29, 0.717) is 5.92 Å². The summed E-state index contributed by atoms with van der Waals surface area (Å²) in [6.07, 6.45) is 2.41. The van der Waals surface area contributed by atoms with Crippen molar-refractivity contribution in [3.63, 3.8) is 0 Å². The Balaban J connectivity index is 1.67. The van der Waals surface area contributed by atoms with Gasteiger partial charge >= 0.3 is 0 Å². The lowest BCUT2D eigenvalue weighted by Crippen LogP contribution is -2.24. The van der Waals surface area contributed by atoms with Gasteiger partial charge in [-0.15, -0.1) is 0 Å². The first-order chi connectivity index (χ1) is 8.81. The van der Waals surface area contributed by atoms with Gasteiger partial charge in [-0.05, 0) is 37.0 Å². The fourth-order valence-electron chi connectivity index (χ4n) is 2.18. The van der Waals surface area contributed by atoms with Crippen LogP contribution in [0.15, 0.2) is 18.2 Å². The van der Waals surface area contributed by atoms with Gasteiger partial charge in [0.25, 0.3) is 0 Å². The van der Waals surface area contributed by atoms with E-state index in [-0.39, 0.29) is 0 Å². The summed E-state index contributed by atoms with van der Waals surface area (Å²) in [6.45, 7) is 2.72. The molecule has 0 amide bonds. The second-order valence-electron chi connectivity index (χ2n) is 4.60. The number of benzene rings is 1. The summed E-state index contributed by atoms with van der Waals surface area (Å²) < 4.78 is 6.64. The highest BCUT2D eigenvalue weighted by Gasteiger charge is 2.14. The van der Waals surface area contributed by atoms with Crippen LogP contribution in [0.25, 0.3) is 10.2 Å². The Hall–Kier alpha value is -0.840. The molecule has 1 unspecified atom stereocenters. The predicted octanol–water partition coefficient (Wildman–Crippen LogP) is 3.79. The standard InChI is InChI=1S/C13H15ClN2OS/c14-10-3-4-12-11(6-10)16-13(18-12)15-7-9-2-1-5-17-8-9/h3-4,6,9H,1-2,5,7-8H2,(H,15,16). The molecule has 0 aliphatic carbocycles. The highest BCUT2D eigenvalue weighted by atomic mass is 35.5. The Morgan fingerprint density at radius 2 is 2.44 bits per heavy atom. The fraction of sp³-hybridized carbons (Fsp3) is 0.462. The van der Waals surface area contributed by atoms with Crippen LogP contribution in [-0.4, -0.2) is 24.7 Å². The summed E-state index contributed by atoms with van der Waals surface area (Å²) in [6, 6.07) is 5.83. The van der Waals surface area contributed by atoms with E-state index < -0.39 is 0 Å². The van der Waals surface area contributed by atoms with Crippen LogP contribution < -0.4 is 5.32 Å². The molecule has 2 heterocycles. The number of nitrogens with zero attached hydrogens (tertiary/aromatic N) is 1. The number of anilines is 1. The van der Waals surface area contributed by atoms with Crippen molar-refractivity contribution in [3.8, 4) is 0 Å². The Morgan fingerprint density at radius 1 is 1.50 bits per heavy atom. The molecule has 1 fully saturated rings. The zero-order chi connectivity index (χ0) is 12.4. The molecule has 1 saturated heterocycles. The Kier molecular flexibility index (Phi) is 3.68. The maximum atomic E-state index is 5.95. The number of thiazole rings is 1. The molecule has 1 atom stereocenters. The largest absolute Gasteiger partial charge is 0.381 e. The molecule has 1 N–H and O–H groups in total. The molecule has 5 heteroatoms. The second kappa shape index (κ2) is 5.43. The quantitative estimate of drug-likeness (QED) is 0.930. The monoisotopic (exact) mass is 282 g/mol. The molecule has 1 aromatic carbocycles. The summed E-state index contributed by atoms with van der Waals surface area (Å²) >= 11 is 7.63. The summed E-state index contributed by atoms with van der Waals surface area (Å²) in [5, 5.41) is 5.11. The summed E-state index contributed by atoms with van der Waals surface area (Å²) in [5.74, 6) is 0.606. The number of rotatable bonds is 3. The maximum Gasteiger partial charge on any atom is 0.183 e. The minimum Gasteiger partial charge on any atom is -0.381 e. The van der Waals surface area contributed by atoms with Gasteiger partial charge in [-0.2, -0.15) is 0 Å². The van der Waals surface area contributed by atoms with Crippen molar-refractivity contribution in [2.24, 2.45) is 5.92 Å². The molecule has 3 rings (SSSR count). The third kappa shape index (κ3) is 2.76. The van der Waals surface area contributed by atoms with E-state index in [1.165, 1.54) is 17.5 Å². The number of fused-ring (bicyclic) bond motifs is 1. The van der Waals surface area contributed by atoms with Crippen LogP contribution in [-0.2, 0) is 4.74 Å². The summed E-state index contributed by atoms with van der Waals surface area (Å²) in [4.78, 5) is 4.54. The molecule has 2 aromatic rings. The van der Waals surface area contributed by atoms with Crippen LogP contribution in [0, 0.1) is 5.92 Å². The smallest absolute Gasteiger partial charge is 0.183 e. The van der Waals surface area contributed by atoms with Crippen molar-refractivity contribution in [2.45, 2.75) is 12.8 Å². The zero-order valence-corrected chi connectivity index (χ0v) is 11.6. The topological polar surface area (TPSA) is 34.1 Å². The number of nitrogens with one attached hydrogen (secondary N) is 1. The van der Waals surface area contributed by atoms with Crippen molar-refractivity contribution in [1.29, 1.82) is 0 Å². The normalized spacial score (nSPS) is 20.2. The molecule has 0 saturated carbocycles. The average molecular weight is 283 g/mol. The van der Waals surface area contributed by atoms with Gasteiger partial charge in [0.05, 0.1) is 16.8 Å². The molecule has 0 radical (unpaired) electrons. The van der Waals surface area contributed by atoms with Gasteiger partial charge < -0.3 is 10.1 Å². The predicted molar refractivity (Wildman–Crippen MR) is 76.7 cm³/mol. The third-order valence-corrected chi connectivity index (χ3v) is 4.38. The van der Waals surface area contributed by atoms with E-state index in [1.54, 1.807) is 11.3 Å². The van der Waals surface area contributed by atoms with Gasteiger partial charge in [0, 0.05) is 18.2 Å². The molecule has 1 aromatic heterocycles. The number of hydrogen-bond donors (Lipinski definition) is 1. The first-order valence-electron chi connectivity index (χ1n) is 6.19. The molecule has 18 heavy (non-hydrogen) atoms. The fourth-order valence-corrected chi connectivity index (χ4v) is 3.20. The van der Waals surface area contributed by atoms with E-state index in [1.807, 2.05) is 18.2 Å². The van der Waals surface area contributed by atoms with Gasteiger partial charge in [-0.1, -0.05) is 22.9 Å². The maximum absolute atomic E-state index is 5.95. The first kappa shape index (κ1) is 12.2. The molecular formula is C13H15ClN2OS. The van der Waals surface area contributed by atoms with E-state index in [2.05, 4.69) is 10.3 Å². The van der Waals surface area contributed by atoms with Crippen LogP contribution in [0.4, 0.5) is 5.13 Å². The first-order valence-corrected chi connectivity index (χ1v) is 7.38. The number of halogens is 1. The third-order valence-electron chi connectivity index (χ3n) is 3.15. The number of ether oxygens (including phenoxy) is 1. The van der Waals surface area contributed by atoms with Crippen LogP contribution in [0.1, 0.15) is 12.8 Å². The molecule has 1 aliphatic heterocycles. The lowest BCUT2D eigenvalue weighted by Gasteiger charge is -2.21. The van der Waals surface area contributed by atoms with Crippen LogP contribution in [0.3, 0.4) is 0 Å². The van der Waals surface area contributed by atoms with Crippen LogP contribution >= 0.6 is 22.9 Å². The summed E-state index contributed by atoms with van der Waals surface area (Å²) in [5.41, 5.74) is 0.967.